The second kappa shape index (κ2) is 12.5. The van der Waals surface area contributed by atoms with Gasteiger partial charge in [0.15, 0.2) is 0 Å². The normalized spacial score (nSPS) is 17.5. The van der Waals surface area contributed by atoms with Gasteiger partial charge in [0.1, 0.15) is 17.0 Å². The zero-order valence-electron chi connectivity index (χ0n) is 25.1. The molecule has 8 nitrogen and oxygen atoms in total. The van der Waals surface area contributed by atoms with Crippen LogP contribution in [0.15, 0.2) is 78.9 Å². The van der Waals surface area contributed by atoms with Gasteiger partial charge in [-0.25, -0.2) is 9.59 Å². The van der Waals surface area contributed by atoms with Crippen molar-refractivity contribution in [1.82, 2.24) is 9.80 Å². The van der Waals surface area contributed by atoms with Gasteiger partial charge in [0.25, 0.3) is 0 Å². The minimum atomic E-state index is -0.979. The van der Waals surface area contributed by atoms with E-state index in [0.717, 1.165) is 22.4 Å². The fourth-order valence-electron chi connectivity index (χ4n) is 6.01. The van der Waals surface area contributed by atoms with Crippen molar-refractivity contribution >= 4 is 18.0 Å². The Labute approximate surface area is 253 Å². The standard InChI is InChI=1S/C35H40N2O6/c1-34(2,3)43-33(41)36-19-17-35(18-20-36)22-28(29-11-7-8-12-30(29)42-35)21-31(38)37(23-25-9-5-4-6-10-25)24-26-13-15-27(16-14-26)32(39)40/h4-16,28H,17-24H2,1-3H3,(H,39,40)/t28-/m0/s1. The maximum Gasteiger partial charge on any atom is 0.410 e. The Morgan fingerprint density at radius 3 is 2.14 bits per heavy atom. The quantitative estimate of drug-likeness (QED) is 0.335. The van der Waals surface area contributed by atoms with Crippen LogP contribution < -0.4 is 4.74 Å². The van der Waals surface area contributed by atoms with E-state index in [1.807, 2.05) is 80.3 Å². The van der Waals surface area contributed by atoms with Crippen LogP contribution in [0.5, 0.6) is 5.75 Å². The number of carboxylic acid groups (broad SMARTS) is 1. The molecule has 1 atom stereocenters. The van der Waals surface area contributed by atoms with Crippen molar-refractivity contribution < 1.29 is 29.0 Å². The Morgan fingerprint density at radius 1 is 0.907 bits per heavy atom. The van der Waals surface area contributed by atoms with Crippen molar-refractivity contribution in [2.75, 3.05) is 13.1 Å². The summed E-state index contributed by atoms with van der Waals surface area (Å²) >= 11 is 0. The third kappa shape index (κ3) is 7.55. The molecule has 0 aromatic heterocycles. The number of carbonyl (C=O) groups is 3. The fraction of sp³-hybridized carbons (Fsp3) is 0.400. The molecule has 3 aromatic rings. The number of aromatic carboxylic acids is 1. The van der Waals surface area contributed by atoms with Gasteiger partial charge in [-0.05, 0) is 62.1 Å². The minimum absolute atomic E-state index is 0.0224. The molecule has 0 bridgehead atoms. The Bertz CT molecular complexity index is 1440. The van der Waals surface area contributed by atoms with Gasteiger partial charge in [-0.15, -0.1) is 0 Å². The highest BCUT2D eigenvalue weighted by molar-refractivity contribution is 5.87. The summed E-state index contributed by atoms with van der Waals surface area (Å²) in [5, 5.41) is 9.29. The highest BCUT2D eigenvalue weighted by Gasteiger charge is 2.45. The summed E-state index contributed by atoms with van der Waals surface area (Å²) in [5.41, 5.74) is 2.12. The number of amides is 2. The first-order valence-electron chi connectivity index (χ1n) is 14.9. The summed E-state index contributed by atoms with van der Waals surface area (Å²) < 4.78 is 12.2. The van der Waals surface area contributed by atoms with Crippen LogP contribution in [0, 0.1) is 0 Å². The molecule has 226 valence electrons. The fourth-order valence-corrected chi connectivity index (χ4v) is 6.01. The van der Waals surface area contributed by atoms with Gasteiger partial charge in [-0.2, -0.15) is 0 Å². The van der Waals surface area contributed by atoms with Gasteiger partial charge >= 0.3 is 12.1 Å². The molecule has 1 spiro atoms. The van der Waals surface area contributed by atoms with E-state index >= 15 is 0 Å². The van der Waals surface area contributed by atoms with E-state index < -0.39 is 17.2 Å². The maximum atomic E-state index is 14.1. The molecule has 0 unspecified atom stereocenters. The Balaban J connectivity index is 1.34. The van der Waals surface area contributed by atoms with Gasteiger partial charge in [0.2, 0.25) is 5.91 Å². The van der Waals surface area contributed by atoms with Gasteiger partial charge < -0.3 is 24.4 Å². The first-order valence-corrected chi connectivity index (χ1v) is 14.9. The van der Waals surface area contributed by atoms with E-state index in [2.05, 4.69) is 0 Å². The maximum absolute atomic E-state index is 14.1. The van der Waals surface area contributed by atoms with Gasteiger partial charge in [-0.3, -0.25) is 4.79 Å². The highest BCUT2D eigenvalue weighted by atomic mass is 16.6. The summed E-state index contributed by atoms with van der Waals surface area (Å²) in [5.74, 6) is -0.198. The molecule has 2 amide bonds. The van der Waals surface area contributed by atoms with Crippen LogP contribution in [-0.4, -0.2) is 57.2 Å². The number of carboxylic acids is 1. The highest BCUT2D eigenvalue weighted by Crippen LogP contribution is 2.47. The SMILES string of the molecule is CC(C)(C)OC(=O)N1CCC2(CC1)C[C@H](CC(=O)N(Cc1ccccc1)Cc1ccc(C(=O)O)cc1)c1ccccc1O2. The van der Waals surface area contributed by atoms with E-state index in [1.165, 1.54) is 0 Å². The molecule has 2 aliphatic rings. The predicted octanol–water partition coefficient (Wildman–Crippen LogP) is 6.64. The molecular formula is C35H40N2O6. The molecule has 43 heavy (non-hydrogen) atoms. The number of hydrogen-bond donors (Lipinski definition) is 1. The van der Waals surface area contributed by atoms with E-state index in [1.54, 1.807) is 29.2 Å². The summed E-state index contributed by atoms with van der Waals surface area (Å²) in [4.78, 5) is 41.7. The van der Waals surface area contributed by atoms with Crippen LogP contribution in [-0.2, 0) is 22.6 Å². The molecule has 2 aliphatic heterocycles. The largest absolute Gasteiger partial charge is 0.487 e. The third-order valence-corrected chi connectivity index (χ3v) is 8.19. The van der Waals surface area contributed by atoms with Crippen LogP contribution in [0.2, 0.25) is 0 Å². The second-order valence-electron chi connectivity index (χ2n) is 12.6. The van der Waals surface area contributed by atoms with Crippen LogP contribution in [0.25, 0.3) is 0 Å². The molecule has 8 heteroatoms. The Morgan fingerprint density at radius 2 is 1.51 bits per heavy atom. The topological polar surface area (TPSA) is 96.4 Å². The molecule has 0 aliphatic carbocycles. The van der Waals surface area contributed by atoms with E-state index in [4.69, 9.17) is 9.47 Å². The van der Waals surface area contributed by atoms with Gasteiger partial charge in [-0.1, -0.05) is 60.7 Å². The molecule has 0 saturated carbocycles. The number of ether oxygens (including phenoxy) is 2. The Hall–Kier alpha value is -4.33. The average molecular weight is 585 g/mol. The van der Waals surface area contributed by atoms with Gasteiger partial charge in [0, 0.05) is 51.4 Å². The lowest BCUT2D eigenvalue weighted by Gasteiger charge is -2.47. The number of fused-ring (bicyclic) bond motifs is 1. The van der Waals surface area contributed by atoms with Crippen LogP contribution in [0.4, 0.5) is 4.79 Å². The average Bonchev–Trinajstić information content (AvgIpc) is 2.97. The summed E-state index contributed by atoms with van der Waals surface area (Å²) in [6, 6.07) is 24.5. The predicted molar refractivity (Wildman–Crippen MR) is 163 cm³/mol. The number of para-hydroxylation sites is 1. The molecule has 1 fully saturated rings. The van der Waals surface area contributed by atoms with Crippen molar-refractivity contribution in [3.05, 3.63) is 101 Å². The zero-order valence-corrected chi connectivity index (χ0v) is 25.1. The molecule has 1 saturated heterocycles. The summed E-state index contributed by atoms with van der Waals surface area (Å²) in [6.07, 6.45) is 2.02. The molecular weight excluding hydrogens is 544 g/mol. The van der Waals surface area contributed by atoms with Crippen LogP contribution >= 0.6 is 0 Å². The van der Waals surface area contributed by atoms with Crippen LogP contribution in [0.3, 0.4) is 0 Å². The number of likely N-dealkylation sites (tertiary alicyclic amines) is 1. The van der Waals surface area contributed by atoms with E-state index in [-0.39, 0.29) is 23.5 Å². The second-order valence-corrected chi connectivity index (χ2v) is 12.6. The number of benzene rings is 3. The Kier molecular flexibility index (Phi) is 8.76. The number of rotatable bonds is 7. The van der Waals surface area contributed by atoms with E-state index in [9.17, 15) is 19.5 Å². The number of piperidine rings is 1. The third-order valence-electron chi connectivity index (χ3n) is 8.19. The van der Waals surface area contributed by atoms with Gasteiger partial charge in [0.05, 0.1) is 5.56 Å². The first kappa shape index (κ1) is 30.1. The van der Waals surface area contributed by atoms with Crippen LogP contribution in [0.1, 0.15) is 79.4 Å². The lowest BCUT2D eigenvalue weighted by Crippen LogP contribution is -2.52. The monoisotopic (exact) mass is 584 g/mol. The number of carbonyl (C=O) groups excluding carboxylic acids is 2. The number of hydrogen-bond acceptors (Lipinski definition) is 5. The molecule has 2 heterocycles. The van der Waals surface area contributed by atoms with Crippen molar-refractivity contribution in [2.24, 2.45) is 0 Å². The van der Waals surface area contributed by atoms with Crippen molar-refractivity contribution in [3.8, 4) is 5.75 Å². The first-order chi connectivity index (χ1) is 20.5. The lowest BCUT2D eigenvalue weighted by molar-refractivity contribution is -0.133. The van der Waals surface area contributed by atoms with Crippen molar-refractivity contribution in [2.45, 2.75) is 76.7 Å². The molecule has 5 rings (SSSR count). The van der Waals surface area contributed by atoms with Crippen molar-refractivity contribution in [3.63, 3.8) is 0 Å². The van der Waals surface area contributed by atoms with E-state index in [0.29, 0.717) is 51.9 Å². The molecule has 0 radical (unpaired) electrons. The van der Waals surface area contributed by atoms with Crippen molar-refractivity contribution in [1.29, 1.82) is 0 Å². The smallest absolute Gasteiger partial charge is 0.410 e. The minimum Gasteiger partial charge on any atom is -0.487 e. The summed E-state index contributed by atoms with van der Waals surface area (Å²) in [7, 11) is 0. The molecule has 1 N–H and O–H groups in total. The summed E-state index contributed by atoms with van der Waals surface area (Å²) in [6.45, 7) is 7.48. The number of nitrogens with zero attached hydrogens (tertiary/aromatic N) is 2. The zero-order chi connectivity index (χ0) is 30.6. The lowest BCUT2D eigenvalue weighted by atomic mass is 9.76. The molecule has 3 aromatic carbocycles.